The summed E-state index contributed by atoms with van der Waals surface area (Å²) in [4.78, 5) is 29.1. The number of nitrogens with zero attached hydrogens (tertiary/aromatic N) is 3. The molecule has 8 nitrogen and oxygen atoms in total. The summed E-state index contributed by atoms with van der Waals surface area (Å²) < 4.78 is 5.24. The highest BCUT2D eigenvalue weighted by Crippen LogP contribution is 2.34. The van der Waals surface area contributed by atoms with Crippen molar-refractivity contribution in [2.75, 3.05) is 24.5 Å². The molecule has 1 aliphatic rings. The van der Waals surface area contributed by atoms with Gasteiger partial charge in [0, 0.05) is 54.5 Å². The number of anilines is 1. The first-order chi connectivity index (χ1) is 12.6. The van der Waals surface area contributed by atoms with Crippen LogP contribution < -0.4 is 10.2 Å². The summed E-state index contributed by atoms with van der Waals surface area (Å²) in [7, 11) is 0. The van der Waals surface area contributed by atoms with Gasteiger partial charge in [0.1, 0.15) is 5.60 Å². The largest absolute Gasteiger partial charge is 0.444 e. The second-order valence-electron chi connectivity index (χ2n) is 7.90. The number of nitro groups is 1. The van der Waals surface area contributed by atoms with Crippen LogP contribution in [0.2, 0.25) is 0 Å². The van der Waals surface area contributed by atoms with Crippen LogP contribution in [0.25, 0.3) is 10.9 Å². The molecule has 3 rings (SSSR count). The Morgan fingerprint density at radius 1 is 1.41 bits per heavy atom. The van der Waals surface area contributed by atoms with Crippen molar-refractivity contribution in [2.45, 2.75) is 33.3 Å². The zero-order valence-electron chi connectivity index (χ0n) is 16.0. The number of carbonyl (C=O) groups is 1. The topological polar surface area (TPSA) is 97.6 Å². The van der Waals surface area contributed by atoms with E-state index in [1.165, 1.54) is 0 Å². The molecule has 1 aromatic carbocycles. The van der Waals surface area contributed by atoms with Crippen LogP contribution in [-0.2, 0) is 4.74 Å². The normalized spacial score (nSPS) is 14.7. The number of carbonyl (C=O) groups excluding carboxylic acids is 1. The first kappa shape index (κ1) is 18.9. The fourth-order valence-electron chi connectivity index (χ4n) is 3.18. The molecule has 27 heavy (non-hydrogen) atoms. The number of nitrogens with one attached hydrogen (secondary N) is 1. The molecular formula is C19H24N4O4. The van der Waals surface area contributed by atoms with E-state index in [2.05, 4.69) is 15.2 Å². The van der Waals surface area contributed by atoms with E-state index in [0.29, 0.717) is 18.0 Å². The van der Waals surface area contributed by atoms with E-state index in [4.69, 9.17) is 4.74 Å². The van der Waals surface area contributed by atoms with Gasteiger partial charge in [-0.3, -0.25) is 15.1 Å². The second-order valence-corrected chi connectivity index (χ2v) is 7.90. The van der Waals surface area contributed by atoms with Crippen LogP contribution >= 0.6 is 0 Å². The molecule has 0 aliphatic carbocycles. The molecule has 1 aromatic heterocycles. The standard InChI is InChI=1S/C19H24N4O4/c1-12-7-15-14(8-17(12)23(25)26)16(5-6-20-15)22-10-13(11-22)9-21-18(24)27-19(2,3)4/h5-8,13H,9-11H2,1-4H3,(H,21,24). The summed E-state index contributed by atoms with van der Waals surface area (Å²) >= 11 is 0. The molecule has 1 N–H and O–H groups in total. The lowest BCUT2D eigenvalue weighted by Gasteiger charge is -2.41. The van der Waals surface area contributed by atoms with Gasteiger partial charge in [-0.25, -0.2) is 4.79 Å². The molecule has 1 saturated heterocycles. The summed E-state index contributed by atoms with van der Waals surface area (Å²) in [6.45, 7) is 9.25. The van der Waals surface area contributed by atoms with Gasteiger partial charge < -0.3 is 15.0 Å². The Morgan fingerprint density at radius 2 is 2.11 bits per heavy atom. The van der Waals surface area contributed by atoms with Gasteiger partial charge >= 0.3 is 6.09 Å². The van der Waals surface area contributed by atoms with E-state index in [0.717, 1.165) is 29.7 Å². The minimum atomic E-state index is -0.515. The molecule has 0 saturated carbocycles. The molecule has 0 atom stereocenters. The van der Waals surface area contributed by atoms with Crippen molar-refractivity contribution in [3.05, 3.63) is 40.1 Å². The van der Waals surface area contributed by atoms with Crippen LogP contribution in [0, 0.1) is 23.0 Å². The predicted octanol–water partition coefficient (Wildman–Crippen LogP) is 3.41. The molecule has 0 bridgehead atoms. The van der Waals surface area contributed by atoms with Crippen molar-refractivity contribution in [3.8, 4) is 0 Å². The monoisotopic (exact) mass is 372 g/mol. The average Bonchev–Trinajstić information content (AvgIpc) is 2.50. The molecular weight excluding hydrogens is 348 g/mol. The van der Waals surface area contributed by atoms with E-state index in [-0.39, 0.29) is 10.6 Å². The number of ether oxygens (including phenoxy) is 1. The van der Waals surface area contributed by atoms with Crippen molar-refractivity contribution in [1.82, 2.24) is 10.3 Å². The highest BCUT2D eigenvalue weighted by Gasteiger charge is 2.29. The number of pyridine rings is 1. The van der Waals surface area contributed by atoms with Gasteiger partial charge in [0.15, 0.2) is 0 Å². The maximum absolute atomic E-state index is 11.7. The fraction of sp³-hybridized carbons (Fsp3) is 0.474. The summed E-state index contributed by atoms with van der Waals surface area (Å²) in [5.41, 5.74) is 1.85. The number of hydrogen-bond donors (Lipinski definition) is 1. The van der Waals surface area contributed by atoms with Crippen LogP contribution in [0.15, 0.2) is 24.4 Å². The van der Waals surface area contributed by atoms with Crippen LogP contribution in [-0.4, -0.2) is 41.2 Å². The summed E-state index contributed by atoms with van der Waals surface area (Å²) in [6.07, 6.45) is 1.30. The van der Waals surface area contributed by atoms with Gasteiger partial charge in [-0.05, 0) is 39.8 Å². The third-order valence-corrected chi connectivity index (χ3v) is 4.46. The third-order valence-electron chi connectivity index (χ3n) is 4.46. The minimum Gasteiger partial charge on any atom is -0.444 e. The Morgan fingerprint density at radius 3 is 2.74 bits per heavy atom. The van der Waals surface area contributed by atoms with Gasteiger partial charge in [0.05, 0.1) is 10.4 Å². The van der Waals surface area contributed by atoms with Crippen molar-refractivity contribution < 1.29 is 14.5 Å². The lowest BCUT2D eigenvalue weighted by Crippen LogP contribution is -2.52. The first-order valence-electron chi connectivity index (χ1n) is 8.89. The number of alkyl carbamates (subject to hydrolysis) is 1. The van der Waals surface area contributed by atoms with Crippen LogP contribution in [0.3, 0.4) is 0 Å². The Balaban J connectivity index is 1.67. The van der Waals surface area contributed by atoms with Crippen LogP contribution in [0.4, 0.5) is 16.2 Å². The van der Waals surface area contributed by atoms with Crippen LogP contribution in [0.5, 0.6) is 0 Å². The van der Waals surface area contributed by atoms with Crippen LogP contribution in [0.1, 0.15) is 26.3 Å². The number of aryl methyl sites for hydroxylation is 1. The molecule has 144 valence electrons. The van der Waals surface area contributed by atoms with Crippen molar-refractivity contribution in [1.29, 1.82) is 0 Å². The summed E-state index contributed by atoms with van der Waals surface area (Å²) in [5.74, 6) is 0.307. The third kappa shape index (κ3) is 4.27. The second kappa shape index (κ2) is 7.02. The average molecular weight is 372 g/mol. The summed E-state index contributed by atoms with van der Waals surface area (Å²) in [6, 6.07) is 5.22. The van der Waals surface area contributed by atoms with Gasteiger partial charge in [0.25, 0.3) is 5.69 Å². The molecule has 1 fully saturated rings. The fourth-order valence-corrected chi connectivity index (χ4v) is 3.18. The SMILES string of the molecule is Cc1cc2nccc(N3CC(CNC(=O)OC(C)(C)C)C3)c2cc1[N+](=O)[O-]. The van der Waals surface area contributed by atoms with Gasteiger partial charge in [-0.1, -0.05) is 0 Å². The van der Waals surface area contributed by atoms with E-state index < -0.39 is 11.7 Å². The molecule has 8 heteroatoms. The number of fused-ring (bicyclic) bond motifs is 1. The molecule has 1 amide bonds. The molecule has 1 aliphatic heterocycles. The number of amides is 1. The number of benzene rings is 1. The number of rotatable bonds is 4. The number of aromatic nitrogens is 1. The van der Waals surface area contributed by atoms with Gasteiger partial charge in [-0.15, -0.1) is 0 Å². The Hall–Kier alpha value is -2.90. The van der Waals surface area contributed by atoms with E-state index in [1.54, 1.807) is 25.3 Å². The first-order valence-corrected chi connectivity index (χ1v) is 8.89. The Labute approximate surface area is 157 Å². The van der Waals surface area contributed by atoms with Gasteiger partial charge in [0.2, 0.25) is 0 Å². The minimum absolute atomic E-state index is 0.0976. The predicted molar refractivity (Wildman–Crippen MR) is 103 cm³/mol. The maximum atomic E-state index is 11.7. The number of nitro benzene ring substituents is 1. The molecule has 0 spiro atoms. The molecule has 2 heterocycles. The highest BCUT2D eigenvalue weighted by atomic mass is 16.6. The molecule has 0 unspecified atom stereocenters. The highest BCUT2D eigenvalue weighted by molar-refractivity contribution is 5.94. The van der Waals surface area contributed by atoms with E-state index in [9.17, 15) is 14.9 Å². The Kier molecular flexibility index (Phi) is 4.91. The zero-order chi connectivity index (χ0) is 19.8. The quantitative estimate of drug-likeness (QED) is 0.652. The smallest absolute Gasteiger partial charge is 0.407 e. The van der Waals surface area contributed by atoms with Crippen molar-refractivity contribution in [2.24, 2.45) is 5.92 Å². The van der Waals surface area contributed by atoms with Gasteiger partial charge in [-0.2, -0.15) is 0 Å². The van der Waals surface area contributed by atoms with Crippen molar-refractivity contribution in [3.63, 3.8) is 0 Å². The lowest BCUT2D eigenvalue weighted by atomic mass is 9.97. The Bertz CT molecular complexity index is 885. The molecule has 0 radical (unpaired) electrons. The zero-order valence-corrected chi connectivity index (χ0v) is 16.0. The number of hydrogen-bond acceptors (Lipinski definition) is 6. The van der Waals surface area contributed by atoms with Crippen molar-refractivity contribution >= 4 is 28.4 Å². The van der Waals surface area contributed by atoms with E-state index >= 15 is 0 Å². The summed E-state index contributed by atoms with van der Waals surface area (Å²) in [5, 5.41) is 14.8. The molecule has 2 aromatic rings. The lowest BCUT2D eigenvalue weighted by molar-refractivity contribution is -0.385. The maximum Gasteiger partial charge on any atom is 0.407 e. The van der Waals surface area contributed by atoms with E-state index in [1.807, 2.05) is 26.8 Å².